The van der Waals surface area contributed by atoms with Crippen LogP contribution in [0.4, 0.5) is 4.39 Å². The van der Waals surface area contributed by atoms with Gasteiger partial charge in [0.25, 0.3) is 0 Å². The van der Waals surface area contributed by atoms with E-state index in [2.05, 4.69) is 11.8 Å². The summed E-state index contributed by atoms with van der Waals surface area (Å²) >= 11 is 0. The molecule has 0 aliphatic heterocycles. The number of phenols is 2. The van der Waals surface area contributed by atoms with E-state index in [9.17, 15) is 14.6 Å². The minimum Gasteiger partial charge on any atom is -0.508 e. The van der Waals surface area contributed by atoms with Crippen LogP contribution in [0.3, 0.4) is 0 Å². The molecule has 0 aliphatic carbocycles. The minimum atomic E-state index is -0.475. The van der Waals surface area contributed by atoms with Crippen molar-refractivity contribution in [2.24, 2.45) is 5.92 Å². The van der Waals surface area contributed by atoms with Crippen LogP contribution in [0.5, 0.6) is 11.5 Å². The first-order valence-electron chi connectivity index (χ1n) is 5.64. The van der Waals surface area contributed by atoms with E-state index >= 15 is 0 Å². The Labute approximate surface area is 105 Å². The molecule has 0 aromatic heterocycles. The summed E-state index contributed by atoms with van der Waals surface area (Å²) in [7, 11) is 0. The molecule has 0 fully saturated rings. The second kappa shape index (κ2) is 4.58. The first kappa shape index (κ1) is 12.3. The van der Waals surface area contributed by atoms with Crippen molar-refractivity contribution in [2.75, 3.05) is 0 Å². The molecule has 18 heavy (non-hydrogen) atoms. The second-order valence-electron chi connectivity index (χ2n) is 4.41. The molecule has 0 radical (unpaired) electrons. The van der Waals surface area contributed by atoms with E-state index in [-0.39, 0.29) is 23.0 Å². The Hall–Kier alpha value is -2.21. The predicted octanol–water partition coefficient (Wildman–Crippen LogP) is 3.40. The van der Waals surface area contributed by atoms with Crippen LogP contribution in [0, 0.1) is 23.6 Å². The molecule has 0 spiro atoms. The maximum Gasteiger partial charge on any atom is 0.139 e. The Morgan fingerprint density at radius 1 is 1.17 bits per heavy atom. The summed E-state index contributed by atoms with van der Waals surface area (Å²) in [5.74, 6) is 5.03. The lowest BCUT2D eigenvalue weighted by molar-refractivity contribution is 0.455. The fraction of sp³-hybridized carbons (Fsp3) is 0.200. The predicted molar refractivity (Wildman–Crippen MR) is 69.0 cm³/mol. The van der Waals surface area contributed by atoms with Crippen LogP contribution in [0.2, 0.25) is 0 Å². The molecule has 0 atom stereocenters. The molecule has 3 heteroatoms. The van der Waals surface area contributed by atoms with Crippen LogP contribution < -0.4 is 0 Å². The van der Waals surface area contributed by atoms with E-state index in [0.29, 0.717) is 10.8 Å². The fourth-order valence-electron chi connectivity index (χ4n) is 1.74. The molecule has 2 aromatic carbocycles. The standard InChI is InChI=1S/C15H13FO2/c1-9(2)3-5-12-13(16)6-4-10-7-11(17)8-14(18)15(10)12/h4,6-9,17-18H,1-2H3. The van der Waals surface area contributed by atoms with E-state index in [1.165, 1.54) is 24.3 Å². The average Bonchev–Trinajstić information content (AvgIpc) is 2.27. The normalized spacial score (nSPS) is 10.4. The Morgan fingerprint density at radius 3 is 2.56 bits per heavy atom. The molecule has 0 unspecified atom stereocenters. The van der Waals surface area contributed by atoms with Gasteiger partial charge in [-0.3, -0.25) is 0 Å². The number of phenolic OH excluding ortho intramolecular Hbond substituents is 2. The zero-order valence-electron chi connectivity index (χ0n) is 10.2. The molecular formula is C15H13FO2. The van der Waals surface area contributed by atoms with Crippen molar-refractivity contribution in [3.63, 3.8) is 0 Å². The van der Waals surface area contributed by atoms with Crippen LogP contribution in [0.1, 0.15) is 19.4 Å². The van der Waals surface area contributed by atoms with Crippen molar-refractivity contribution in [3.8, 4) is 23.3 Å². The number of hydrogen-bond acceptors (Lipinski definition) is 2. The summed E-state index contributed by atoms with van der Waals surface area (Å²) in [4.78, 5) is 0. The first-order chi connectivity index (χ1) is 8.49. The van der Waals surface area contributed by atoms with Crippen LogP contribution >= 0.6 is 0 Å². The number of benzene rings is 2. The van der Waals surface area contributed by atoms with Crippen molar-refractivity contribution in [1.82, 2.24) is 0 Å². The van der Waals surface area contributed by atoms with Gasteiger partial charge in [-0.1, -0.05) is 31.8 Å². The van der Waals surface area contributed by atoms with Gasteiger partial charge in [0.15, 0.2) is 0 Å². The van der Waals surface area contributed by atoms with Gasteiger partial charge in [-0.2, -0.15) is 0 Å². The van der Waals surface area contributed by atoms with E-state index in [4.69, 9.17) is 0 Å². The lowest BCUT2D eigenvalue weighted by Crippen LogP contribution is -1.89. The van der Waals surface area contributed by atoms with Gasteiger partial charge in [0.1, 0.15) is 17.3 Å². The molecule has 0 aliphatic rings. The largest absolute Gasteiger partial charge is 0.508 e. The summed E-state index contributed by atoms with van der Waals surface area (Å²) in [6, 6.07) is 5.44. The molecule has 2 N–H and O–H groups in total. The SMILES string of the molecule is CC(C)C#Cc1c(F)ccc2cc(O)cc(O)c12. The maximum atomic E-state index is 13.8. The third kappa shape index (κ3) is 2.23. The molecule has 0 amide bonds. The molecule has 0 heterocycles. The molecule has 0 saturated carbocycles. The minimum absolute atomic E-state index is 0.0608. The van der Waals surface area contributed by atoms with Crippen LogP contribution in [0.15, 0.2) is 24.3 Å². The monoisotopic (exact) mass is 244 g/mol. The van der Waals surface area contributed by atoms with E-state index in [1.807, 2.05) is 13.8 Å². The van der Waals surface area contributed by atoms with Gasteiger partial charge in [0.2, 0.25) is 0 Å². The van der Waals surface area contributed by atoms with Gasteiger partial charge in [-0.25, -0.2) is 4.39 Å². The van der Waals surface area contributed by atoms with Crippen molar-refractivity contribution in [3.05, 3.63) is 35.6 Å². The van der Waals surface area contributed by atoms with Crippen LogP contribution in [-0.2, 0) is 0 Å². The number of aromatic hydroxyl groups is 2. The van der Waals surface area contributed by atoms with Crippen molar-refractivity contribution >= 4 is 10.8 Å². The van der Waals surface area contributed by atoms with Gasteiger partial charge >= 0.3 is 0 Å². The summed E-state index contributed by atoms with van der Waals surface area (Å²) < 4.78 is 13.8. The molecule has 0 bridgehead atoms. The first-order valence-corrected chi connectivity index (χ1v) is 5.64. The van der Waals surface area contributed by atoms with Gasteiger partial charge in [-0.05, 0) is 17.5 Å². The molecule has 92 valence electrons. The molecular weight excluding hydrogens is 231 g/mol. The third-order valence-electron chi connectivity index (χ3n) is 2.52. The summed E-state index contributed by atoms with van der Waals surface area (Å²) in [6.07, 6.45) is 0. The Balaban J connectivity index is 2.79. The number of fused-ring (bicyclic) bond motifs is 1. The summed E-state index contributed by atoms with van der Waals surface area (Å²) in [6.45, 7) is 3.81. The lowest BCUT2D eigenvalue weighted by atomic mass is 10.0. The highest BCUT2D eigenvalue weighted by atomic mass is 19.1. The average molecular weight is 244 g/mol. The van der Waals surface area contributed by atoms with Gasteiger partial charge in [0, 0.05) is 17.4 Å². The Kier molecular flexibility index (Phi) is 3.12. The molecule has 0 saturated heterocycles. The van der Waals surface area contributed by atoms with Crippen molar-refractivity contribution in [1.29, 1.82) is 0 Å². The Morgan fingerprint density at radius 2 is 1.89 bits per heavy atom. The van der Waals surface area contributed by atoms with Crippen LogP contribution in [0.25, 0.3) is 10.8 Å². The second-order valence-corrected chi connectivity index (χ2v) is 4.41. The van der Waals surface area contributed by atoms with Crippen LogP contribution in [-0.4, -0.2) is 10.2 Å². The van der Waals surface area contributed by atoms with Gasteiger partial charge in [0.05, 0.1) is 5.56 Å². The smallest absolute Gasteiger partial charge is 0.139 e. The quantitative estimate of drug-likeness (QED) is 0.697. The highest BCUT2D eigenvalue weighted by molar-refractivity contribution is 5.94. The number of rotatable bonds is 0. The lowest BCUT2D eigenvalue weighted by Gasteiger charge is -2.06. The van der Waals surface area contributed by atoms with Crippen molar-refractivity contribution in [2.45, 2.75) is 13.8 Å². The zero-order chi connectivity index (χ0) is 13.3. The van der Waals surface area contributed by atoms with Gasteiger partial charge in [-0.15, -0.1) is 0 Å². The molecule has 2 rings (SSSR count). The number of halogens is 1. The van der Waals surface area contributed by atoms with Crippen molar-refractivity contribution < 1.29 is 14.6 Å². The third-order valence-corrected chi connectivity index (χ3v) is 2.52. The highest BCUT2D eigenvalue weighted by Gasteiger charge is 2.11. The zero-order valence-corrected chi connectivity index (χ0v) is 10.2. The molecule has 2 aromatic rings. The van der Waals surface area contributed by atoms with E-state index in [0.717, 1.165) is 0 Å². The number of hydrogen-bond donors (Lipinski definition) is 2. The highest BCUT2D eigenvalue weighted by Crippen LogP contribution is 2.33. The summed E-state index contributed by atoms with van der Waals surface area (Å²) in [5.41, 5.74) is 0.165. The molecule has 2 nitrogen and oxygen atoms in total. The van der Waals surface area contributed by atoms with E-state index in [1.54, 1.807) is 0 Å². The maximum absolute atomic E-state index is 13.8. The van der Waals surface area contributed by atoms with E-state index < -0.39 is 5.82 Å². The Bertz CT molecular complexity index is 663. The fourth-order valence-corrected chi connectivity index (χ4v) is 1.74. The summed E-state index contributed by atoms with van der Waals surface area (Å²) in [5, 5.41) is 20.1. The van der Waals surface area contributed by atoms with Gasteiger partial charge < -0.3 is 10.2 Å². The topological polar surface area (TPSA) is 40.5 Å².